The fourth-order valence-electron chi connectivity index (χ4n) is 4.05. The van der Waals surface area contributed by atoms with E-state index in [0.29, 0.717) is 30.8 Å². The fraction of sp³-hybridized carbons (Fsp3) is 0.381. The number of anilines is 1. The molecule has 2 aromatic rings. The van der Waals surface area contributed by atoms with Gasteiger partial charge in [-0.15, -0.1) is 0 Å². The summed E-state index contributed by atoms with van der Waals surface area (Å²) in [4.78, 5) is 16.7. The van der Waals surface area contributed by atoms with Gasteiger partial charge in [-0.25, -0.2) is 17.2 Å². The van der Waals surface area contributed by atoms with Crippen molar-refractivity contribution in [3.05, 3.63) is 59.7 Å². The summed E-state index contributed by atoms with van der Waals surface area (Å²) in [7, 11) is -4.08. The van der Waals surface area contributed by atoms with Gasteiger partial charge in [-0.05, 0) is 74.8 Å². The third kappa shape index (κ3) is 4.32. The number of nitrogens with one attached hydrogen (secondary N) is 1. The van der Waals surface area contributed by atoms with Crippen LogP contribution in [0, 0.1) is 11.6 Å². The van der Waals surface area contributed by atoms with Gasteiger partial charge in [0, 0.05) is 30.4 Å². The van der Waals surface area contributed by atoms with E-state index < -0.39 is 21.7 Å². The largest absolute Gasteiger partial charge is 0.337 e. The van der Waals surface area contributed by atoms with E-state index in [2.05, 4.69) is 9.62 Å². The Kier molecular flexibility index (Phi) is 5.75. The van der Waals surface area contributed by atoms with E-state index in [0.717, 1.165) is 31.6 Å². The van der Waals surface area contributed by atoms with Gasteiger partial charge in [0.05, 0.1) is 4.90 Å². The van der Waals surface area contributed by atoms with E-state index in [-0.39, 0.29) is 16.5 Å². The highest BCUT2D eigenvalue weighted by molar-refractivity contribution is 7.92. The molecular weight excluding hydrogens is 412 g/mol. The molecule has 0 spiro atoms. The second-order valence-electron chi connectivity index (χ2n) is 7.70. The van der Waals surface area contributed by atoms with Gasteiger partial charge in [0.15, 0.2) is 11.6 Å². The lowest BCUT2D eigenvalue weighted by Crippen LogP contribution is -2.37. The average molecular weight is 435 g/mol. The first kappa shape index (κ1) is 20.7. The van der Waals surface area contributed by atoms with Crippen molar-refractivity contribution in [2.45, 2.75) is 30.2 Å². The third-order valence-electron chi connectivity index (χ3n) is 5.69. The summed E-state index contributed by atoms with van der Waals surface area (Å²) in [5.74, 6) is -2.44. The van der Waals surface area contributed by atoms with Crippen LogP contribution in [0.5, 0.6) is 0 Å². The second kappa shape index (κ2) is 8.31. The maximum absolute atomic E-state index is 13.4. The highest BCUT2D eigenvalue weighted by Crippen LogP contribution is 2.23. The van der Waals surface area contributed by atoms with Gasteiger partial charge in [0.1, 0.15) is 0 Å². The number of carbonyl (C=O) groups is 1. The summed E-state index contributed by atoms with van der Waals surface area (Å²) in [5.41, 5.74) is 0.709. The van der Waals surface area contributed by atoms with Gasteiger partial charge in [-0.3, -0.25) is 14.4 Å². The SMILES string of the molecule is O=C(c1ccc(NS(=O)(=O)c2ccc(F)c(F)c2)cc1)N1CCC(N2CCCC2)C1. The standard InChI is InChI=1S/C21H23F2N3O3S/c22-19-8-7-18(13-20(19)23)30(28,29)24-16-5-3-15(4-6-16)21(27)26-12-9-17(14-26)25-10-1-2-11-25/h3-8,13,17,24H,1-2,9-12,14H2. The number of hydrogen-bond acceptors (Lipinski definition) is 4. The highest BCUT2D eigenvalue weighted by Gasteiger charge is 2.31. The van der Waals surface area contributed by atoms with Crippen LogP contribution in [0.15, 0.2) is 47.4 Å². The summed E-state index contributed by atoms with van der Waals surface area (Å²) in [5, 5.41) is 0. The van der Waals surface area contributed by atoms with E-state index in [1.54, 1.807) is 12.1 Å². The van der Waals surface area contributed by atoms with E-state index in [1.165, 1.54) is 25.0 Å². The maximum atomic E-state index is 13.4. The number of nitrogens with zero attached hydrogens (tertiary/aromatic N) is 2. The van der Waals surface area contributed by atoms with Crippen LogP contribution in [0.3, 0.4) is 0 Å². The Morgan fingerprint density at radius 1 is 0.967 bits per heavy atom. The van der Waals surface area contributed by atoms with Gasteiger partial charge < -0.3 is 4.90 Å². The molecule has 2 aliphatic rings. The molecule has 160 valence electrons. The van der Waals surface area contributed by atoms with Crippen LogP contribution in [-0.4, -0.2) is 56.3 Å². The maximum Gasteiger partial charge on any atom is 0.261 e. The molecule has 2 aromatic carbocycles. The number of amides is 1. The minimum absolute atomic E-state index is 0.0771. The van der Waals surface area contributed by atoms with E-state index >= 15 is 0 Å². The molecular formula is C21H23F2N3O3S. The van der Waals surface area contributed by atoms with Crippen LogP contribution in [0.4, 0.5) is 14.5 Å². The van der Waals surface area contributed by atoms with Gasteiger partial charge >= 0.3 is 0 Å². The number of likely N-dealkylation sites (tertiary alicyclic amines) is 2. The number of sulfonamides is 1. The van der Waals surface area contributed by atoms with Gasteiger partial charge in [-0.2, -0.15) is 0 Å². The quantitative estimate of drug-likeness (QED) is 0.784. The van der Waals surface area contributed by atoms with Crippen LogP contribution in [0.25, 0.3) is 0 Å². The minimum Gasteiger partial charge on any atom is -0.337 e. The summed E-state index contributed by atoms with van der Waals surface area (Å²) in [6.07, 6.45) is 3.40. The average Bonchev–Trinajstić information content (AvgIpc) is 3.41. The summed E-state index contributed by atoms with van der Waals surface area (Å²) in [6.45, 7) is 3.62. The van der Waals surface area contributed by atoms with Crippen molar-refractivity contribution >= 4 is 21.6 Å². The molecule has 4 rings (SSSR count). The summed E-state index contributed by atoms with van der Waals surface area (Å²) < 4.78 is 53.5. The first-order valence-electron chi connectivity index (χ1n) is 9.95. The molecule has 0 saturated carbocycles. The molecule has 0 bridgehead atoms. The topological polar surface area (TPSA) is 69.7 Å². The molecule has 1 atom stereocenters. The van der Waals surface area contributed by atoms with Gasteiger partial charge in [-0.1, -0.05) is 0 Å². The Balaban J connectivity index is 1.41. The van der Waals surface area contributed by atoms with E-state index in [1.807, 2.05) is 4.90 Å². The van der Waals surface area contributed by atoms with Crippen LogP contribution in [0.1, 0.15) is 29.6 Å². The van der Waals surface area contributed by atoms with Crippen molar-refractivity contribution in [1.29, 1.82) is 0 Å². The molecule has 1 amide bonds. The number of benzene rings is 2. The molecule has 1 unspecified atom stereocenters. The number of hydrogen-bond donors (Lipinski definition) is 1. The van der Waals surface area contributed by atoms with E-state index in [4.69, 9.17) is 0 Å². The van der Waals surface area contributed by atoms with Gasteiger partial charge in [0.2, 0.25) is 0 Å². The molecule has 6 nitrogen and oxygen atoms in total. The lowest BCUT2D eigenvalue weighted by molar-refractivity contribution is 0.0780. The van der Waals surface area contributed by atoms with Crippen LogP contribution < -0.4 is 4.72 Å². The van der Waals surface area contributed by atoms with Crippen LogP contribution in [-0.2, 0) is 10.0 Å². The molecule has 2 saturated heterocycles. The van der Waals surface area contributed by atoms with Crippen molar-refractivity contribution < 1.29 is 22.0 Å². The Labute approximate surface area is 174 Å². The zero-order valence-electron chi connectivity index (χ0n) is 16.4. The zero-order chi connectivity index (χ0) is 21.3. The number of halogens is 2. The van der Waals surface area contributed by atoms with Crippen molar-refractivity contribution in [3.63, 3.8) is 0 Å². The molecule has 2 heterocycles. The molecule has 0 aliphatic carbocycles. The molecule has 30 heavy (non-hydrogen) atoms. The molecule has 9 heteroatoms. The van der Waals surface area contributed by atoms with Crippen molar-refractivity contribution in [3.8, 4) is 0 Å². The molecule has 2 aliphatic heterocycles. The highest BCUT2D eigenvalue weighted by atomic mass is 32.2. The van der Waals surface area contributed by atoms with E-state index in [9.17, 15) is 22.0 Å². The van der Waals surface area contributed by atoms with Crippen molar-refractivity contribution in [2.75, 3.05) is 30.9 Å². The Bertz CT molecular complexity index is 1040. The third-order valence-corrected chi connectivity index (χ3v) is 7.07. The smallest absolute Gasteiger partial charge is 0.261 e. The van der Waals surface area contributed by atoms with Crippen LogP contribution >= 0.6 is 0 Å². The van der Waals surface area contributed by atoms with Crippen molar-refractivity contribution in [2.24, 2.45) is 0 Å². The van der Waals surface area contributed by atoms with Crippen LogP contribution in [0.2, 0.25) is 0 Å². The summed E-state index contributed by atoms with van der Waals surface area (Å²) >= 11 is 0. The zero-order valence-corrected chi connectivity index (χ0v) is 17.2. The van der Waals surface area contributed by atoms with Gasteiger partial charge in [0.25, 0.3) is 15.9 Å². The first-order valence-corrected chi connectivity index (χ1v) is 11.4. The first-order chi connectivity index (χ1) is 14.3. The molecule has 1 N–H and O–H groups in total. The van der Waals surface area contributed by atoms with Crippen molar-refractivity contribution in [1.82, 2.24) is 9.80 Å². The second-order valence-corrected chi connectivity index (χ2v) is 9.38. The predicted molar refractivity (Wildman–Crippen MR) is 109 cm³/mol. The lowest BCUT2D eigenvalue weighted by atomic mass is 10.2. The minimum atomic E-state index is -4.08. The molecule has 0 aromatic heterocycles. The molecule has 0 radical (unpaired) electrons. The monoisotopic (exact) mass is 435 g/mol. The Morgan fingerprint density at radius 3 is 2.33 bits per heavy atom. The fourth-order valence-corrected chi connectivity index (χ4v) is 5.12. The predicted octanol–water partition coefficient (Wildman–Crippen LogP) is 3.08. The number of rotatable bonds is 5. The Morgan fingerprint density at radius 2 is 1.67 bits per heavy atom. The Hall–Kier alpha value is -2.52. The molecule has 2 fully saturated rings. The number of carbonyl (C=O) groups excluding carboxylic acids is 1. The summed E-state index contributed by atoms with van der Waals surface area (Å²) in [6, 6.07) is 8.89. The lowest BCUT2D eigenvalue weighted by Gasteiger charge is -2.23. The normalized spacial score (nSPS) is 19.9.